The summed E-state index contributed by atoms with van der Waals surface area (Å²) in [4.78, 5) is 9.59. The van der Waals surface area contributed by atoms with Crippen LogP contribution in [0.25, 0.3) is 0 Å². The summed E-state index contributed by atoms with van der Waals surface area (Å²) >= 11 is 5.87. The van der Waals surface area contributed by atoms with E-state index >= 15 is 0 Å². The number of rotatable bonds is 3. The maximum absolute atomic E-state index is 12.6. The van der Waals surface area contributed by atoms with Gasteiger partial charge in [-0.15, -0.1) is 0 Å². The molecule has 1 aromatic rings. The van der Waals surface area contributed by atoms with Crippen molar-refractivity contribution in [1.29, 1.82) is 0 Å². The van der Waals surface area contributed by atoms with Crippen molar-refractivity contribution in [2.75, 3.05) is 18.4 Å². The number of pyridine rings is 1. The molecule has 0 spiro atoms. The Morgan fingerprint density at radius 2 is 2.23 bits per heavy atom. The second-order valence-corrected chi connectivity index (χ2v) is 6.09. The van der Waals surface area contributed by atoms with E-state index in [1.807, 2.05) is 5.06 Å². The minimum absolute atomic E-state index is 0.00302. The fraction of sp³-hybridized carbons (Fsp3) is 0.643. The number of piperidine rings is 1. The van der Waals surface area contributed by atoms with Crippen LogP contribution in [0.1, 0.15) is 31.2 Å². The number of hydrogen-bond donors (Lipinski definition) is 1. The van der Waals surface area contributed by atoms with Crippen molar-refractivity contribution in [3.05, 3.63) is 22.8 Å². The van der Waals surface area contributed by atoms with Gasteiger partial charge in [0.1, 0.15) is 5.82 Å². The van der Waals surface area contributed by atoms with Crippen molar-refractivity contribution >= 4 is 17.4 Å². The van der Waals surface area contributed by atoms with Crippen LogP contribution in [0.15, 0.2) is 12.3 Å². The summed E-state index contributed by atoms with van der Waals surface area (Å²) < 4.78 is 37.7. The van der Waals surface area contributed by atoms with Crippen LogP contribution in [0.3, 0.4) is 0 Å². The average molecular weight is 336 g/mol. The predicted molar refractivity (Wildman–Crippen MR) is 76.6 cm³/mol. The first-order valence-electron chi connectivity index (χ1n) is 7.33. The molecule has 2 saturated heterocycles. The van der Waals surface area contributed by atoms with Gasteiger partial charge in [0.15, 0.2) is 0 Å². The van der Waals surface area contributed by atoms with Crippen LogP contribution < -0.4 is 5.32 Å². The van der Waals surface area contributed by atoms with Gasteiger partial charge in [-0.25, -0.2) is 4.98 Å². The largest absolute Gasteiger partial charge is 0.417 e. The molecule has 0 radical (unpaired) electrons. The normalized spacial score (nSPS) is 26.0. The lowest BCUT2D eigenvalue weighted by molar-refractivity contribution is -0.167. The van der Waals surface area contributed by atoms with Gasteiger partial charge in [0.25, 0.3) is 0 Å². The van der Waals surface area contributed by atoms with Gasteiger partial charge in [-0.3, -0.25) is 4.84 Å². The Bertz CT molecular complexity index is 527. The Hall–Kier alpha value is -1.05. The molecule has 122 valence electrons. The third-order valence-corrected chi connectivity index (χ3v) is 4.35. The summed E-state index contributed by atoms with van der Waals surface area (Å²) in [6.45, 7) is 1.42. The lowest BCUT2D eigenvalue weighted by Gasteiger charge is -2.26. The summed E-state index contributed by atoms with van der Waals surface area (Å²) in [5, 5.41) is 4.97. The average Bonchev–Trinajstić information content (AvgIpc) is 2.87. The number of nitrogens with one attached hydrogen (secondary N) is 1. The summed E-state index contributed by atoms with van der Waals surface area (Å²) in [5.74, 6) is 0.253. The number of aromatic nitrogens is 1. The summed E-state index contributed by atoms with van der Waals surface area (Å²) in [6, 6.07) is 1.34. The van der Waals surface area contributed by atoms with Crippen LogP contribution in [0.5, 0.6) is 0 Å². The second-order valence-electron chi connectivity index (χ2n) is 5.69. The molecular formula is C14H17ClF3N3O. The molecule has 4 nitrogen and oxygen atoms in total. The van der Waals surface area contributed by atoms with E-state index in [1.165, 1.54) is 6.42 Å². The molecule has 0 aromatic carbocycles. The van der Waals surface area contributed by atoms with Crippen LogP contribution in [-0.2, 0) is 11.0 Å². The van der Waals surface area contributed by atoms with Crippen LogP contribution in [-0.4, -0.2) is 35.3 Å². The highest BCUT2D eigenvalue weighted by Crippen LogP contribution is 2.33. The van der Waals surface area contributed by atoms with Gasteiger partial charge in [-0.1, -0.05) is 18.0 Å². The van der Waals surface area contributed by atoms with E-state index in [0.29, 0.717) is 12.6 Å². The number of halogens is 4. The highest BCUT2D eigenvalue weighted by molar-refractivity contribution is 6.32. The fourth-order valence-electron chi connectivity index (χ4n) is 2.94. The van der Waals surface area contributed by atoms with E-state index in [1.54, 1.807) is 0 Å². The van der Waals surface area contributed by atoms with Gasteiger partial charge < -0.3 is 5.32 Å². The van der Waals surface area contributed by atoms with Crippen molar-refractivity contribution in [1.82, 2.24) is 10.0 Å². The van der Waals surface area contributed by atoms with Gasteiger partial charge in [-0.2, -0.15) is 18.2 Å². The molecule has 2 aliphatic heterocycles. The third-order valence-electron chi connectivity index (χ3n) is 4.06. The molecule has 8 heteroatoms. The molecule has 2 aliphatic rings. The van der Waals surface area contributed by atoms with Crippen LogP contribution in [0, 0.1) is 0 Å². The first-order chi connectivity index (χ1) is 10.4. The van der Waals surface area contributed by atoms with E-state index in [-0.39, 0.29) is 16.9 Å². The molecule has 3 heterocycles. The zero-order valence-electron chi connectivity index (χ0n) is 11.9. The molecule has 0 aliphatic carbocycles. The zero-order valence-corrected chi connectivity index (χ0v) is 12.6. The van der Waals surface area contributed by atoms with Gasteiger partial charge in [0.2, 0.25) is 0 Å². The zero-order chi connectivity index (χ0) is 15.7. The molecular weight excluding hydrogens is 319 g/mol. The number of anilines is 1. The topological polar surface area (TPSA) is 37.4 Å². The highest BCUT2D eigenvalue weighted by Gasteiger charge is 2.35. The Kier molecular flexibility index (Phi) is 4.47. The smallest absolute Gasteiger partial charge is 0.366 e. The van der Waals surface area contributed by atoms with E-state index in [2.05, 4.69) is 10.3 Å². The Balaban J connectivity index is 1.58. The highest BCUT2D eigenvalue weighted by atomic mass is 35.5. The molecule has 3 rings (SSSR count). The lowest BCUT2D eigenvalue weighted by Crippen LogP contribution is -2.33. The van der Waals surface area contributed by atoms with Crippen LogP contribution in [0.2, 0.25) is 5.02 Å². The van der Waals surface area contributed by atoms with Gasteiger partial charge in [0.05, 0.1) is 16.7 Å². The number of alkyl halides is 3. The van der Waals surface area contributed by atoms with Gasteiger partial charge in [-0.05, 0) is 25.3 Å². The molecule has 1 aromatic heterocycles. The van der Waals surface area contributed by atoms with E-state index < -0.39 is 11.7 Å². The molecule has 2 atom stereocenters. The van der Waals surface area contributed by atoms with E-state index in [4.69, 9.17) is 16.4 Å². The molecule has 0 amide bonds. The first-order valence-corrected chi connectivity index (χ1v) is 7.71. The first kappa shape index (κ1) is 15.8. The maximum Gasteiger partial charge on any atom is 0.417 e. The van der Waals surface area contributed by atoms with Crippen molar-refractivity contribution < 1.29 is 18.0 Å². The maximum atomic E-state index is 12.6. The Labute approximate surface area is 131 Å². The van der Waals surface area contributed by atoms with Crippen molar-refractivity contribution in [2.45, 2.75) is 44.0 Å². The number of hydrogen-bond acceptors (Lipinski definition) is 4. The van der Waals surface area contributed by atoms with Crippen LogP contribution in [0.4, 0.5) is 19.0 Å². The molecule has 0 unspecified atom stereocenters. The Morgan fingerprint density at radius 1 is 1.41 bits per heavy atom. The second kappa shape index (κ2) is 6.22. The molecule has 0 saturated carbocycles. The fourth-order valence-corrected chi connectivity index (χ4v) is 3.17. The number of hydroxylamine groups is 2. The monoisotopic (exact) mass is 335 g/mol. The van der Waals surface area contributed by atoms with Crippen molar-refractivity contribution in [2.24, 2.45) is 0 Å². The minimum atomic E-state index is -4.44. The molecule has 22 heavy (non-hydrogen) atoms. The summed E-state index contributed by atoms with van der Waals surface area (Å²) in [7, 11) is 0. The van der Waals surface area contributed by atoms with Crippen molar-refractivity contribution in [3.63, 3.8) is 0 Å². The molecule has 0 bridgehead atoms. The SMILES string of the molecule is FC(F)(F)c1cnc(NC[C@@H]2C[C@@H]3CCCCN3O2)c(Cl)c1. The lowest BCUT2D eigenvalue weighted by atomic mass is 10.0. The van der Waals surface area contributed by atoms with Gasteiger partial charge in [0, 0.05) is 25.3 Å². The summed E-state index contributed by atoms with van der Waals surface area (Å²) in [6.07, 6.45) is 0.768. The standard InChI is InChI=1S/C14H17ClF3N3O/c15-12-5-9(14(16,17)18)7-19-13(12)20-8-11-6-10-3-1-2-4-21(10)22-11/h5,7,10-11H,1-4,6,8H2,(H,19,20)/t10-,11-/m0/s1. The van der Waals surface area contributed by atoms with Crippen molar-refractivity contribution in [3.8, 4) is 0 Å². The minimum Gasteiger partial charge on any atom is -0.366 e. The van der Waals surface area contributed by atoms with E-state index in [0.717, 1.165) is 38.1 Å². The van der Waals surface area contributed by atoms with E-state index in [9.17, 15) is 13.2 Å². The Morgan fingerprint density at radius 3 is 2.91 bits per heavy atom. The summed E-state index contributed by atoms with van der Waals surface area (Å²) in [5.41, 5.74) is -0.850. The number of fused-ring (bicyclic) bond motifs is 1. The third kappa shape index (κ3) is 3.47. The quantitative estimate of drug-likeness (QED) is 0.913. The molecule has 1 N–H and O–H groups in total. The predicted octanol–water partition coefficient (Wildman–Crippen LogP) is 3.72. The number of nitrogens with zero attached hydrogens (tertiary/aromatic N) is 2. The molecule has 2 fully saturated rings. The van der Waals surface area contributed by atoms with Crippen LogP contribution >= 0.6 is 11.6 Å². The van der Waals surface area contributed by atoms with Gasteiger partial charge >= 0.3 is 6.18 Å².